The number of benzene rings is 1. The minimum absolute atomic E-state index is 0.425. The SMILES string of the molecule is Fc1cc(-n2ncc3ccccc32)ncn1. The second kappa shape index (κ2) is 3.37. The van der Waals surface area contributed by atoms with Crippen molar-refractivity contribution < 1.29 is 4.39 Å². The van der Waals surface area contributed by atoms with Crippen LogP contribution in [0.15, 0.2) is 42.9 Å². The molecule has 0 N–H and O–H groups in total. The number of hydrogen-bond acceptors (Lipinski definition) is 3. The normalized spacial score (nSPS) is 10.8. The molecule has 16 heavy (non-hydrogen) atoms. The van der Waals surface area contributed by atoms with Crippen LogP contribution in [0.2, 0.25) is 0 Å². The molecule has 0 aliphatic carbocycles. The van der Waals surface area contributed by atoms with Crippen LogP contribution in [-0.4, -0.2) is 19.7 Å². The highest BCUT2D eigenvalue weighted by Crippen LogP contribution is 2.16. The van der Waals surface area contributed by atoms with E-state index in [1.807, 2.05) is 24.3 Å². The van der Waals surface area contributed by atoms with Crippen molar-refractivity contribution in [2.45, 2.75) is 0 Å². The van der Waals surface area contributed by atoms with Gasteiger partial charge in [-0.05, 0) is 6.07 Å². The van der Waals surface area contributed by atoms with Gasteiger partial charge in [-0.1, -0.05) is 18.2 Å². The van der Waals surface area contributed by atoms with Crippen LogP contribution < -0.4 is 0 Å². The number of halogens is 1. The number of nitrogens with zero attached hydrogens (tertiary/aromatic N) is 4. The molecule has 0 aliphatic rings. The van der Waals surface area contributed by atoms with Gasteiger partial charge in [-0.2, -0.15) is 9.49 Å². The molecule has 0 saturated carbocycles. The summed E-state index contributed by atoms with van der Waals surface area (Å²) in [5.74, 6) is -0.140. The van der Waals surface area contributed by atoms with E-state index < -0.39 is 5.95 Å². The first-order chi connectivity index (χ1) is 7.84. The van der Waals surface area contributed by atoms with E-state index in [4.69, 9.17) is 0 Å². The van der Waals surface area contributed by atoms with Crippen molar-refractivity contribution in [1.82, 2.24) is 19.7 Å². The quantitative estimate of drug-likeness (QED) is 0.581. The van der Waals surface area contributed by atoms with E-state index in [1.165, 1.54) is 12.4 Å². The Morgan fingerprint density at radius 2 is 2.00 bits per heavy atom. The Balaban J connectivity index is 2.26. The molecule has 0 atom stereocenters. The van der Waals surface area contributed by atoms with Gasteiger partial charge in [0.15, 0.2) is 5.82 Å². The van der Waals surface area contributed by atoms with Crippen LogP contribution in [0.5, 0.6) is 0 Å². The van der Waals surface area contributed by atoms with E-state index in [-0.39, 0.29) is 0 Å². The molecule has 0 spiro atoms. The van der Waals surface area contributed by atoms with Crippen molar-refractivity contribution in [3.05, 3.63) is 48.8 Å². The van der Waals surface area contributed by atoms with Gasteiger partial charge in [0, 0.05) is 11.5 Å². The maximum Gasteiger partial charge on any atom is 0.218 e. The zero-order valence-electron chi connectivity index (χ0n) is 8.21. The zero-order chi connectivity index (χ0) is 11.0. The van der Waals surface area contributed by atoms with Crippen LogP contribution in [0.4, 0.5) is 4.39 Å². The molecule has 4 nitrogen and oxygen atoms in total. The summed E-state index contributed by atoms with van der Waals surface area (Å²) in [6.45, 7) is 0. The third-order valence-electron chi connectivity index (χ3n) is 2.31. The monoisotopic (exact) mass is 214 g/mol. The van der Waals surface area contributed by atoms with Gasteiger partial charge in [0.25, 0.3) is 0 Å². The van der Waals surface area contributed by atoms with Crippen LogP contribution in [0.1, 0.15) is 0 Å². The molecule has 0 fully saturated rings. The molecular weight excluding hydrogens is 207 g/mol. The topological polar surface area (TPSA) is 43.6 Å². The summed E-state index contributed by atoms with van der Waals surface area (Å²) in [6.07, 6.45) is 2.90. The molecule has 0 aliphatic heterocycles. The van der Waals surface area contributed by atoms with E-state index in [0.29, 0.717) is 5.82 Å². The molecule has 78 valence electrons. The fraction of sp³-hybridized carbons (Fsp3) is 0. The highest BCUT2D eigenvalue weighted by atomic mass is 19.1. The first-order valence-electron chi connectivity index (χ1n) is 4.75. The Bertz CT molecular complexity index is 647. The van der Waals surface area contributed by atoms with Crippen LogP contribution in [-0.2, 0) is 0 Å². The Morgan fingerprint density at radius 3 is 2.88 bits per heavy atom. The molecule has 0 saturated heterocycles. The highest BCUT2D eigenvalue weighted by Gasteiger charge is 2.05. The Kier molecular flexibility index (Phi) is 1.89. The molecule has 0 amide bonds. The molecule has 0 unspecified atom stereocenters. The second-order valence-corrected chi connectivity index (χ2v) is 3.31. The van der Waals surface area contributed by atoms with Gasteiger partial charge < -0.3 is 0 Å². The van der Waals surface area contributed by atoms with Crippen LogP contribution in [0.25, 0.3) is 16.7 Å². The lowest BCUT2D eigenvalue weighted by Gasteiger charge is -2.01. The summed E-state index contributed by atoms with van der Waals surface area (Å²) in [5, 5.41) is 5.15. The summed E-state index contributed by atoms with van der Waals surface area (Å²) in [6, 6.07) is 8.92. The van der Waals surface area contributed by atoms with E-state index in [1.54, 1.807) is 10.9 Å². The first-order valence-corrected chi connectivity index (χ1v) is 4.75. The minimum atomic E-state index is -0.565. The number of aromatic nitrogens is 4. The highest BCUT2D eigenvalue weighted by molar-refractivity contribution is 5.79. The van der Waals surface area contributed by atoms with Crippen molar-refractivity contribution in [3.63, 3.8) is 0 Å². The maximum absolute atomic E-state index is 13.0. The van der Waals surface area contributed by atoms with Crippen molar-refractivity contribution in [3.8, 4) is 5.82 Å². The molecule has 5 heteroatoms. The van der Waals surface area contributed by atoms with E-state index in [0.717, 1.165) is 10.9 Å². The number of hydrogen-bond donors (Lipinski definition) is 0. The molecule has 1 aromatic carbocycles. The van der Waals surface area contributed by atoms with Crippen molar-refractivity contribution >= 4 is 10.9 Å². The van der Waals surface area contributed by atoms with E-state index in [2.05, 4.69) is 15.1 Å². The summed E-state index contributed by atoms with van der Waals surface area (Å²) >= 11 is 0. The predicted octanol–water partition coefficient (Wildman–Crippen LogP) is 1.95. The summed E-state index contributed by atoms with van der Waals surface area (Å²) in [5.41, 5.74) is 0.889. The molecule has 0 bridgehead atoms. The molecule has 2 heterocycles. The number of para-hydroxylation sites is 1. The van der Waals surface area contributed by atoms with Gasteiger partial charge in [-0.25, -0.2) is 14.6 Å². The van der Waals surface area contributed by atoms with Crippen molar-refractivity contribution in [2.75, 3.05) is 0 Å². The van der Waals surface area contributed by atoms with Gasteiger partial charge in [0.05, 0.1) is 11.7 Å². The summed E-state index contributed by atoms with van der Waals surface area (Å²) < 4.78 is 14.6. The molecule has 0 radical (unpaired) electrons. The third-order valence-corrected chi connectivity index (χ3v) is 2.31. The number of fused-ring (bicyclic) bond motifs is 1. The first kappa shape index (κ1) is 8.96. The Hall–Kier alpha value is -2.30. The van der Waals surface area contributed by atoms with Gasteiger partial charge in [-0.15, -0.1) is 0 Å². The summed E-state index contributed by atoms with van der Waals surface area (Å²) in [7, 11) is 0. The maximum atomic E-state index is 13.0. The third kappa shape index (κ3) is 1.33. The van der Waals surface area contributed by atoms with Crippen LogP contribution >= 0.6 is 0 Å². The van der Waals surface area contributed by atoms with Crippen molar-refractivity contribution in [1.29, 1.82) is 0 Å². The minimum Gasteiger partial charge on any atom is -0.217 e. The standard InChI is InChI=1S/C11H7FN4/c12-10-5-11(14-7-13-10)16-9-4-2-1-3-8(9)6-15-16/h1-7H. The lowest BCUT2D eigenvalue weighted by atomic mass is 10.2. The average Bonchev–Trinajstić information content (AvgIpc) is 2.72. The van der Waals surface area contributed by atoms with Crippen molar-refractivity contribution in [2.24, 2.45) is 0 Å². The zero-order valence-corrected chi connectivity index (χ0v) is 8.21. The Morgan fingerprint density at radius 1 is 1.12 bits per heavy atom. The molecule has 2 aromatic heterocycles. The molecule has 3 aromatic rings. The predicted molar refractivity (Wildman–Crippen MR) is 56.6 cm³/mol. The van der Waals surface area contributed by atoms with Crippen LogP contribution in [0.3, 0.4) is 0 Å². The van der Waals surface area contributed by atoms with Gasteiger partial charge in [0.2, 0.25) is 5.95 Å². The molecular formula is C11H7FN4. The lowest BCUT2D eigenvalue weighted by Crippen LogP contribution is -2.00. The lowest BCUT2D eigenvalue weighted by molar-refractivity contribution is 0.576. The smallest absolute Gasteiger partial charge is 0.217 e. The van der Waals surface area contributed by atoms with E-state index >= 15 is 0 Å². The fourth-order valence-corrected chi connectivity index (χ4v) is 1.59. The van der Waals surface area contributed by atoms with E-state index in [9.17, 15) is 4.39 Å². The van der Waals surface area contributed by atoms with Gasteiger partial charge in [-0.3, -0.25) is 0 Å². The summed E-state index contributed by atoms with van der Waals surface area (Å²) in [4.78, 5) is 7.39. The second-order valence-electron chi connectivity index (χ2n) is 3.31. The molecule has 3 rings (SSSR count). The Labute approximate surface area is 90.4 Å². The fourth-order valence-electron chi connectivity index (χ4n) is 1.59. The number of rotatable bonds is 1. The van der Waals surface area contributed by atoms with Crippen LogP contribution in [0, 0.1) is 5.95 Å². The van der Waals surface area contributed by atoms with Gasteiger partial charge in [0.1, 0.15) is 6.33 Å². The van der Waals surface area contributed by atoms with Gasteiger partial charge >= 0.3 is 0 Å². The average molecular weight is 214 g/mol. The largest absolute Gasteiger partial charge is 0.218 e.